The molecule has 0 aliphatic carbocycles. The number of nitrogens with zero attached hydrogens (tertiary/aromatic N) is 1. The number of amides is 2. The van der Waals surface area contributed by atoms with Crippen LogP contribution in [0.2, 0.25) is 0 Å². The smallest absolute Gasteiger partial charge is 0.319 e. The zero-order valence-electron chi connectivity index (χ0n) is 13.3. The first kappa shape index (κ1) is 15.0. The molecule has 0 saturated carbocycles. The van der Waals surface area contributed by atoms with E-state index in [0.717, 1.165) is 27.8 Å². The molecule has 1 aromatic carbocycles. The number of aromatic nitrogens is 2. The third-order valence-electron chi connectivity index (χ3n) is 3.90. The van der Waals surface area contributed by atoms with Gasteiger partial charge in [-0.25, -0.2) is 4.79 Å². The zero-order valence-corrected chi connectivity index (χ0v) is 13.3. The van der Waals surface area contributed by atoms with Crippen molar-refractivity contribution >= 4 is 22.6 Å². The lowest BCUT2D eigenvalue weighted by Crippen LogP contribution is -2.28. The van der Waals surface area contributed by atoms with E-state index in [4.69, 9.17) is 4.42 Å². The number of hydrogen-bond acceptors (Lipinski definition) is 3. The molecule has 25 heavy (non-hydrogen) atoms. The van der Waals surface area contributed by atoms with Crippen LogP contribution in [0.4, 0.5) is 10.5 Å². The lowest BCUT2D eigenvalue weighted by atomic mass is 10.1. The van der Waals surface area contributed by atoms with Crippen LogP contribution in [0.3, 0.4) is 0 Å². The molecule has 0 unspecified atom stereocenters. The van der Waals surface area contributed by atoms with E-state index in [0.29, 0.717) is 12.3 Å². The lowest BCUT2D eigenvalue weighted by molar-refractivity contribution is 0.251. The number of carbonyl (C=O) groups is 1. The Morgan fingerprint density at radius 2 is 2.04 bits per heavy atom. The Morgan fingerprint density at radius 3 is 2.84 bits per heavy atom. The van der Waals surface area contributed by atoms with Crippen LogP contribution in [-0.2, 0) is 6.54 Å². The molecule has 3 heterocycles. The van der Waals surface area contributed by atoms with Gasteiger partial charge in [-0.15, -0.1) is 0 Å². The summed E-state index contributed by atoms with van der Waals surface area (Å²) >= 11 is 0. The van der Waals surface area contributed by atoms with Gasteiger partial charge in [-0.05, 0) is 30.3 Å². The van der Waals surface area contributed by atoms with Crippen molar-refractivity contribution in [2.45, 2.75) is 6.54 Å². The van der Waals surface area contributed by atoms with Gasteiger partial charge in [0, 0.05) is 28.9 Å². The number of hydrogen-bond donors (Lipinski definition) is 3. The summed E-state index contributed by atoms with van der Waals surface area (Å²) in [4.78, 5) is 19.9. The summed E-state index contributed by atoms with van der Waals surface area (Å²) in [6.45, 7) is 0.323. The molecule has 0 spiro atoms. The normalized spacial score (nSPS) is 10.7. The summed E-state index contributed by atoms with van der Waals surface area (Å²) in [7, 11) is 0. The monoisotopic (exact) mass is 332 g/mol. The molecule has 4 aromatic rings. The first-order chi connectivity index (χ1) is 12.3. The number of anilines is 1. The van der Waals surface area contributed by atoms with Gasteiger partial charge in [-0.1, -0.05) is 18.2 Å². The second-order valence-corrected chi connectivity index (χ2v) is 5.55. The molecule has 6 heteroatoms. The fourth-order valence-corrected chi connectivity index (χ4v) is 2.74. The van der Waals surface area contributed by atoms with Gasteiger partial charge in [-0.2, -0.15) is 0 Å². The Labute approximate surface area is 143 Å². The molecule has 0 bridgehead atoms. The zero-order chi connectivity index (χ0) is 17.1. The second kappa shape index (κ2) is 6.52. The van der Waals surface area contributed by atoms with Crippen LogP contribution >= 0.6 is 0 Å². The first-order valence-electron chi connectivity index (χ1n) is 7.89. The maximum atomic E-state index is 12.3. The van der Waals surface area contributed by atoms with E-state index in [2.05, 4.69) is 20.6 Å². The largest absolute Gasteiger partial charge is 0.467 e. The molecule has 3 aromatic heterocycles. The van der Waals surface area contributed by atoms with Gasteiger partial charge in [-0.3, -0.25) is 4.98 Å². The summed E-state index contributed by atoms with van der Waals surface area (Å²) in [5.74, 6) is 0.696. The molecule has 124 valence electrons. The van der Waals surface area contributed by atoms with Gasteiger partial charge in [0.25, 0.3) is 0 Å². The molecule has 0 aliphatic rings. The van der Waals surface area contributed by atoms with Crippen molar-refractivity contribution in [3.63, 3.8) is 0 Å². The third kappa shape index (κ3) is 3.10. The van der Waals surface area contributed by atoms with Gasteiger partial charge in [0.2, 0.25) is 0 Å². The molecule has 0 atom stereocenters. The van der Waals surface area contributed by atoms with Crippen LogP contribution in [0.1, 0.15) is 5.76 Å². The number of H-pyrrole nitrogens is 1. The van der Waals surface area contributed by atoms with Gasteiger partial charge in [0.05, 0.1) is 24.2 Å². The highest BCUT2D eigenvalue weighted by Gasteiger charge is 2.15. The minimum atomic E-state index is -0.300. The Balaban J connectivity index is 1.64. The number of aromatic amines is 1. The van der Waals surface area contributed by atoms with Crippen molar-refractivity contribution in [2.75, 3.05) is 5.32 Å². The molecule has 0 aliphatic heterocycles. The van der Waals surface area contributed by atoms with Crippen molar-refractivity contribution in [3.8, 4) is 11.3 Å². The number of nitrogens with one attached hydrogen (secondary N) is 3. The highest BCUT2D eigenvalue weighted by molar-refractivity contribution is 6.07. The Hall–Kier alpha value is -3.54. The lowest BCUT2D eigenvalue weighted by Gasteiger charge is -2.08. The Kier molecular flexibility index (Phi) is 3.92. The summed E-state index contributed by atoms with van der Waals surface area (Å²) in [6.07, 6.45) is 5.06. The number of urea groups is 1. The number of pyridine rings is 1. The van der Waals surface area contributed by atoms with Gasteiger partial charge >= 0.3 is 6.03 Å². The minimum absolute atomic E-state index is 0.300. The van der Waals surface area contributed by atoms with E-state index in [-0.39, 0.29) is 6.03 Å². The van der Waals surface area contributed by atoms with Crippen molar-refractivity contribution in [2.24, 2.45) is 0 Å². The van der Waals surface area contributed by atoms with E-state index in [1.165, 1.54) is 0 Å². The third-order valence-corrected chi connectivity index (χ3v) is 3.90. The molecule has 6 nitrogen and oxygen atoms in total. The summed E-state index contributed by atoms with van der Waals surface area (Å²) < 4.78 is 5.23. The van der Waals surface area contributed by atoms with Gasteiger partial charge < -0.3 is 20.0 Å². The van der Waals surface area contributed by atoms with Crippen LogP contribution in [0.15, 0.2) is 71.6 Å². The summed E-state index contributed by atoms with van der Waals surface area (Å²) in [5.41, 5.74) is 3.39. The molecular weight excluding hydrogens is 316 g/mol. The van der Waals surface area contributed by atoms with Gasteiger partial charge in [0.15, 0.2) is 0 Å². The number of furan rings is 1. The van der Waals surface area contributed by atoms with E-state index in [1.807, 2.05) is 42.5 Å². The quantitative estimate of drug-likeness (QED) is 0.525. The van der Waals surface area contributed by atoms with Crippen LogP contribution in [-0.4, -0.2) is 16.0 Å². The van der Waals surface area contributed by atoms with Crippen molar-refractivity contribution in [1.82, 2.24) is 15.3 Å². The number of benzene rings is 1. The average molecular weight is 332 g/mol. The van der Waals surface area contributed by atoms with Crippen LogP contribution in [0.5, 0.6) is 0 Å². The SMILES string of the molecule is O=C(NCc1ccco1)Nc1c(-c2cccnc2)[nH]c2ccccc12. The number of carbonyl (C=O) groups excluding carboxylic acids is 1. The van der Waals surface area contributed by atoms with Crippen molar-refractivity contribution in [3.05, 3.63) is 72.9 Å². The minimum Gasteiger partial charge on any atom is -0.467 e. The van der Waals surface area contributed by atoms with E-state index in [1.54, 1.807) is 24.7 Å². The van der Waals surface area contributed by atoms with Crippen molar-refractivity contribution in [1.29, 1.82) is 0 Å². The topological polar surface area (TPSA) is 82.9 Å². The molecule has 0 radical (unpaired) electrons. The fourth-order valence-electron chi connectivity index (χ4n) is 2.74. The second-order valence-electron chi connectivity index (χ2n) is 5.55. The summed E-state index contributed by atoms with van der Waals surface area (Å²) in [6, 6.07) is 14.9. The first-order valence-corrected chi connectivity index (χ1v) is 7.89. The Bertz CT molecular complexity index is 991. The van der Waals surface area contributed by atoms with E-state index < -0.39 is 0 Å². The highest BCUT2D eigenvalue weighted by Crippen LogP contribution is 2.34. The predicted octanol–water partition coefficient (Wildman–Crippen LogP) is 4.14. The number of para-hydroxylation sites is 1. The Morgan fingerprint density at radius 1 is 1.12 bits per heavy atom. The van der Waals surface area contributed by atoms with E-state index >= 15 is 0 Å². The number of fused-ring (bicyclic) bond motifs is 1. The van der Waals surface area contributed by atoms with Crippen molar-refractivity contribution < 1.29 is 9.21 Å². The predicted molar refractivity (Wildman–Crippen MR) is 96.1 cm³/mol. The standard InChI is InChI=1S/C19H16N4O2/c24-19(21-12-14-6-4-10-25-14)23-18-15-7-1-2-8-16(15)22-17(18)13-5-3-9-20-11-13/h1-11,22H,12H2,(H2,21,23,24). The molecule has 2 amide bonds. The molecule has 4 rings (SSSR count). The van der Waals surface area contributed by atoms with Crippen LogP contribution in [0.25, 0.3) is 22.2 Å². The van der Waals surface area contributed by atoms with Gasteiger partial charge in [0.1, 0.15) is 5.76 Å². The average Bonchev–Trinajstić information content (AvgIpc) is 3.29. The molecule has 3 N–H and O–H groups in total. The number of rotatable bonds is 4. The molecule has 0 saturated heterocycles. The maximum absolute atomic E-state index is 12.3. The molecule has 0 fully saturated rings. The summed E-state index contributed by atoms with van der Waals surface area (Å²) in [5, 5.41) is 6.68. The fraction of sp³-hybridized carbons (Fsp3) is 0.0526. The molecular formula is C19H16N4O2. The van der Waals surface area contributed by atoms with E-state index in [9.17, 15) is 4.79 Å². The maximum Gasteiger partial charge on any atom is 0.319 e. The van der Waals surface area contributed by atoms with Crippen LogP contribution < -0.4 is 10.6 Å². The van der Waals surface area contributed by atoms with Crippen LogP contribution in [0, 0.1) is 0 Å². The highest BCUT2D eigenvalue weighted by atomic mass is 16.3.